The molecule has 2 aliphatic heterocycles. The molecule has 16 heteroatoms. The number of fused-ring (bicyclic) bond motifs is 2. The van der Waals surface area contributed by atoms with Crippen LogP contribution >= 0.6 is 11.6 Å². The van der Waals surface area contributed by atoms with Crippen molar-refractivity contribution in [1.82, 2.24) is 4.90 Å². The molecular formula is C27H35ClF4KN3O7. The molecule has 0 aromatic heterocycles. The third-order valence-electron chi connectivity index (χ3n) is 4.85. The van der Waals surface area contributed by atoms with Crippen molar-refractivity contribution in [3.8, 4) is 0 Å². The molecular weight excluding hydrogens is 629 g/mol. The monoisotopic (exact) mass is 664 g/mol. The van der Waals surface area contributed by atoms with Crippen LogP contribution in [-0.2, 0) is 0 Å². The molecule has 2 aromatic rings. The van der Waals surface area contributed by atoms with Gasteiger partial charge in [0.15, 0.2) is 0 Å². The minimum Gasteiger partial charge on any atom is -0.587 e. The maximum atomic E-state index is 12.1. The van der Waals surface area contributed by atoms with Crippen molar-refractivity contribution in [2.24, 2.45) is 5.73 Å². The number of β-amino-alcohol motifs (C(OH)–C–C–N with tert-alkyl or cyclic N) is 1. The van der Waals surface area contributed by atoms with Gasteiger partial charge in [0.05, 0.1) is 56.1 Å². The van der Waals surface area contributed by atoms with Gasteiger partial charge < -0.3 is 36.0 Å². The summed E-state index contributed by atoms with van der Waals surface area (Å²) in [6.07, 6.45) is -3.24. The first kappa shape index (κ1) is 43.3. The number of rotatable bonds is 7. The number of hydrogen-bond donors (Lipinski definition) is 4. The van der Waals surface area contributed by atoms with Gasteiger partial charge in [-0.1, -0.05) is 43.8 Å². The second kappa shape index (κ2) is 25.5. The number of imide groups is 2. The Kier molecular flexibility index (Phi) is 25.7. The van der Waals surface area contributed by atoms with Gasteiger partial charge in [-0.05, 0) is 12.1 Å². The van der Waals surface area contributed by atoms with E-state index in [9.17, 15) is 36.7 Å². The number of nitrogens with zero attached hydrogens (tertiary/aromatic N) is 2. The van der Waals surface area contributed by atoms with Crippen LogP contribution < -0.4 is 57.1 Å². The Morgan fingerprint density at radius 1 is 0.814 bits per heavy atom. The third kappa shape index (κ3) is 15.2. The first-order valence-electron chi connectivity index (χ1n) is 12.4. The maximum absolute atomic E-state index is 12.1. The number of benzene rings is 2. The molecule has 5 N–H and O–H groups in total. The summed E-state index contributed by atoms with van der Waals surface area (Å²) in [4.78, 5) is 46.1. The molecule has 10 nitrogen and oxygen atoms in total. The number of halogens is 5. The zero-order chi connectivity index (χ0) is 32.2. The number of carbonyl (C=O) groups excluding carboxylic acids is 4. The van der Waals surface area contributed by atoms with E-state index >= 15 is 0 Å². The smallest absolute Gasteiger partial charge is 0.587 e. The van der Waals surface area contributed by atoms with E-state index in [0.717, 1.165) is 4.90 Å². The predicted octanol–water partition coefficient (Wildman–Crippen LogP) is 0.0242. The third-order valence-corrected chi connectivity index (χ3v) is 5.20. The van der Waals surface area contributed by atoms with Gasteiger partial charge in [-0.3, -0.25) is 18.9 Å². The Morgan fingerprint density at radius 2 is 1.16 bits per heavy atom. The number of aliphatic hydroxyl groups is 3. The van der Waals surface area contributed by atoms with Gasteiger partial charge in [0, 0.05) is 17.7 Å². The van der Waals surface area contributed by atoms with Crippen molar-refractivity contribution in [3.63, 3.8) is 0 Å². The second-order valence-corrected chi connectivity index (χ2v) is 8.16. The van der Waals surface area contributed by atoms with E-state index in [1.807, 2.05) is 0 Å². The van der Waals surface area contributed by atoms with Crippen LogP contribution in [-0.4, -0.2) is 108 Å². The largest absolute Gasteiger partial charge is 1.00 e. The molecule has 0 bridgehead atoms. The molecule has 3 unspecified atom stereocenters. The van der Waals surface area contributed by atoms with Crippen molar-refractivity contribution in [3.05, 3.63) is 76.1 Å². The number of hydrogen-bond acceptors (Lipinski definition) is 8. The zero-order valence-corrected chi connectivity index (χ0v) is 26.5. The number of alkyl halides is 5. The molecule has 2 aliphatic rings. The average molecular weight is 665 g/mol. The van der Waals surface area contributed by atoms with Crippen molar-refractivity contribution in [2.45, 2.75) is 25.7 Å². The molecule has 43 heavy (non-hydrogen) atoms. The maximum Gasteiger partial charge on any atom is 1.00 e. The fourth-order valence-corrected chi connectivity index (χ4v) is 2.92. The van der Waals surface area contributed by atoms with Gasteiger partial charge in [-0.2, -0.15) is 0 Å². The van der Waals surface area contributed by atoms with Gasteiger partial charge >= 0.3 is 51.4 Å². The standard InChI is InChI=1S/C11H10FNO3.C8H5NO2.C3H6ClFO.C3H8FNO.CH3F.CH4.K/c12-5-7(14)6-13-10(15)8-3-1-2-4-9(8)11(13)16;10-7-5-3-1-2-4-6(5)8(11)9-7;2*4-1-3(6)2-5;1-2;;/h1-4,7,14H,5-6H2;1-4H,(H,9,10,11);3,6H,1-2H2;3,6H,1-2,5H2;1H3;1H4;/q;;;;;;+1/p-1/i;;;;1D;;. The number of carbonyl (C=O) groups is 4. The summed E-state index contributed by atoms with van der Waals surface area (Å²) in [6.45, 7) is -2.76. The van der Waals surface area contributed by atoms with Crippen molar-refractivity contribution in [2.75, 3.05) is 46.1 Å². The summed E-state index contributed by atoms with van der Waals surface area (Å²) in [5.74, 6) is -1.83. The van der Waals surface area contributed by atoms with Crippen LogP contribution in [0.15, 0.2) is 48.5 Å². The fraction of sp³-hybridized carbons (Fsp3) is 0.407. The van der Waals surface area contributed by atoms with Crippen LogP contribution in [0.4, 0.5) is 17.6 Å². The fourth-order valence-electron chi connectivity index (χ4n) is 2.84. The summed E-state index contributed by atoms with van der Waals surface area (Å²) < 4.78 is 49.7. The number of nitrogens with two attached hydrogens (primary N) is 1. The quantitative estimate of drug-likeness (QED) is 0.139. The normalized spacial score (nSPS) is 14.3. The second-order valence-electron chi connectivity index (χ2n) is 7.85. The molecule has 0 aliphatic carbocycles. The van der Waals surface area contributed by atoms with Gasteiger partial charge in [0.2, 0.25) is 0 Å². The molecule has 3 atom stereocenters. The molecule has 4 rings (SSSR count). The predicted molar refractivity (Wildman–Crippen MR) is 150 cm³/mol. The Bertz CT molecular complexity index is 1070. The minimum absolute atomic E-state index is 0. The molecule has 0 fully saturated rings. The first-order valence-corrected chi connectivity index (χ1v) is 12.2. The van der Waals surface area contributed by atoms with E-state index in [2.05, 4.69) is 5.32 Å². The van der Waals surface area contributed by atoms with Crippen LogP contribution in [0.5, 0.6) is 0 Å². The molecule has 236 valence electrons. The summed E-state index contributed by atoms with van der Waals surface area (Å²) in [5.41, 5.74) is 6.23. The first-order chi connectivity index (χ1) is 20.0. The van der Waals surface area contributed by atoms with Gasteiger partial charge in [-0.15, -0.1) is 11.6 Å². The molecule has 4 amide bonds. The van der Waals surface area contributed by atoms with E-state index in [0.29, 0.717) is 22.3 Å². The van der Waals surface area contributed by atoms with E-state index in [4.69, 9.17) is 34.0 Å². The van der Waals surface area contributed by atoms with E-state index in [-0.39, 0.29) is 77.8 Å². The van der Waals surface area contributed by atoms with E-state index < -0.39 is 69.1 Å². The number of aliphatic hydroxyl groups excluding tert-OH is 3. The van der Waals surface area contributed by atoms with Crippen LogP contribution in [0.25, 0.3) is 5.32 Å². The van der Waals surface area contributed by atoms with E-state index in [1.165, 1.54) is 12.1 Å². The van der Waals surface area contributed by atoms with Crippen LogP contribution in [0.2, 0.25) is 0 Å². The Hall–Kier alpha value is -1.79. The van der Waals surface area contributed by atoms with Crippen LogP contribution in [0, 0.1) is 0 Å². The van der Waals surface area contributed by atoms with E-state index in [1.54, 1.807) is 36.4 Å². The Morgan fingerprint density at radius 3 is 1.42 bits per heavy atom. The van der Waals surface area contributed by atoms with Gasteiger partial charge in [0.25, 0.3) is 11.8 Å². The van der Waals surface area contributed by atoms with Crippen molar-refractivity contribution >= 4 is 35.2 Å². The summed E-state index contributed by atoms with van der Waals surface area (Å²) in [6, 6.07) is 13.0. The molecule has 0 radical (unpaired) electrons. The summed E-state index contributed by atoms with van der Waals surface area (Å²) in [7, 11) is -1.00. The number of amides is 4. The molecule has 2 heterocycles. The molecule has 0 saturated heterocycles. The summed E-state index contributed by atoms with van der Waals surface area (Å²) >= 11 is 4.96. The zero-order valence-electron chi connectivity index (χ0n) is 23.6. The Balaban J connectivity index is -0.000000526. The topological polar surface area (TPSA) is 172 Å². The average Bonchev–Trinajstić information content (AvgIpc) is 3.44. The van der Waals surface area contributed by atoms with Crippen molar-refractivity contribution < 1.29 is 105 Å². The van der Waals surface area contributed by atoms with Crippen molar-refractivity contribution in [1.29, 1.82) is 0 Å². The van der Waals surface area contributed by atoms with Crippen LogP contribution in [0.3, 0.4) is 0 Å². The van der Waals surface area contributed by atoms with Gasteiger partial charge in [0.1, 0.15) is 26.1 Å². The Labute approximate surface area is 296 Å². The molecule has 0 spiro atoms. The molecule has 0 saturated carbocycles. The molecule has 2 aromatic carbocycles. The SMILES string of the molecule is C.NCC(O)CF.O=C1[N-]C(=O)c2ccccc21.O=C1c2ccccc2C(=O)N1CC(O)CF.OC(CF)CCl.[2H]CF.[K+]. The summed E-state index contributed by atoms with van der Waals surface area (Å²) in [5, 5.41) is 28.7. The van der Waals surface area contributed by atoms with Crippen LogP contribution in [0.1, 0.15) is 50.2 Å². The van der Waals surface area contributed by atoms with Gasteiger partial charge in [-0.25, -0.2) is 13.2 Å². The minimum atomic E-state index is -1.32.